The Morgan fingerprint density at radius 2 is 2.25 bits per heavy atom. The van der Waals surface area contributed by atoms with Crippen molar-refractivity contribution in [3.8, 4) is 5.88 Å². The summed E-state index contributed by atoms with van der Waals surface area (Å²) in [7, 11) is 1.57. The molecule has 0 amide bonds. The number of ether oxygens (including phenoxy) is 1. The molecule has 0 radical (unpaired) electrons. The van der Waals surface area contributed by atoms with E-state index in [-0.39, 0.29) is 0 Å². The maximum absolute atomic E-state index is 6.02. The van der Waals surface area contributed by atoms with Crippen molar-refractivity contribution >= 4 is 11.5 Å². The number of hydrogen-bond acceptors (Lipinski definition) is 6. The van der Waals surface area contributed by atoms with Crippen LogP contribution in [0.25, 0.3) is 0 Å². The van der Waals surface area contributed by atoms with Crippen LogP contribution >= 0.6 is 0 Å². The molecular formula is C14H17N5O. The molecule has 1 saturated carbocycles. The Balaban J connectivity index is 1.82. The molecule has 6 heteroatoms. The molecule has 0 unspecified atom stereocenters. The van der Waals surface area contributed by atoms with Crippen LogP contribution in [0.15, 0.2) is 24.5 Å². The molecule has 2 aromatic heterocycles. The van der Waals surface area contributed by atoms with Crippen LogP contribution in [0.4, 0.5) is 11.5 Å². The lowest BCUT2D eigenvalue weighted by atomic mass is 10.3. The number of aromatic nitrogens is 3. The van der Waals surface area contributed by atoms with Gasteiger partial charge in [-0.05, 0) is 24.5 Å². The molecular weight excluding hydrogens is 254 g/mol. The van der Waals surface area contributed by atoms with E-state index in [9.17, 15) is 0 Å². The highest BCUT2D eigenvalue weighted by Crippen LogP contribution is 2.40. The fourth-order valence-electron chi connectivity index (χ4n) is 1.97. The van der Waals surface area contributed by atoms with Gasteiger partial charge in [-0.1, -0.05) is 6.07 Å². The summed E-state index contributed by atoms with van der Waals surface area (Å²) < 4.78 is 5.23. The van der Waals surface area contributed by atoms with Gasteiger partial charge in [-0.15, -0.1) is 0 Å². The molecule has 3 N–H and O–H groups in total. The van der Waals surface area contributed by atoms with Crippen LogP contribution in [0.3, 0.4) is 0 Å². The van der Waals surface area contributed by atoms with Crippen molar-refractivity contribution in [2.45, 2.75) is 25.3 Å². The van der Waals surface area contributed by atoms with Crippen molar-refractivity contribution in [3.05, 3.63) is 35.9 Å². The number of rotatable bonds is 5. The molecule has 0 atom stereocenters. The molecule has 1 aliphatic carbocycles. The summed E-state index contributed by atoms with van der Waals surface area (Å²) in [6, 6.07) is 3.90. The van der Waals surface area contributed by atoms with Crippen molar-refractivity contribution in [2.24, 2.45) is 0 Å². The standard InChI is InChI=1S/C14H17N5O/c1-20-14-11(15)13(18-12(19-14)10-4-5-10)17-8-9-3-2-6-16-7-9/h2-3,6-7,10H,4-5,8,15H2,1H3,(H,17,18,19). The molecule has 0 aliphatic heterocycles. The average molecular weight is 271 g/mol. The molecule has 1 fully saturated rings. The predicted molar refractivity (Wildman–Crippen MR) is 76.5 cm³/mol. The highest BCUT2D eigenvalue weighted by molar-refractivity contribution is 5.67. The van der Waals surface area contributed by atoms with Crippen molar-refractivity contribution in [1.82, 2.24) is 15.0 Å². The molecule has 0 bridgehead atoms. The molecule has 0 aromatic carbocycles. The lowest BCUT2D eigenvalue weighted by Gasteiger charge is -2.12. The molecule has 0 spiro atoms. The van der Waals surface area contributed by atoms with Gasteiger partial charge in [0.15, 0.2) is 5.82 Å². The van der Waals surface area contributed by atoms with Gasteiger partial charge in [0, 0.05) is 24.9 Å². The first kappa shape index (κ1) is 12.7. The average Bonchev–Trinajstić information content (AvgIpc) is 3.32. The zero-order chi connectivity index (χ0) is 13.9. The molecule has 2 heterocycles. The first-order chi connectivity index (χ1) is 9.78. The van der Waals surface area contributed by atoms with E-state index >= 15 is 0 Å². The van der Waals surface area contributed by atoms with Gasteiger partial charge < -0.3 is 15.8 Å². The van der Waals surface area contributed by atoms with E-state index in [0.717, 1.165) is 24.2 Å². The minimum absolute atomic E-state index is 0.440. The monoisotopic (exact) mass is 271 g/mol. The largest absolute Gasteiger partial charge is 0.479 e. The van der Waals surface area contributed by atoms with E-state index < -0.39 is 0 Å². The lowest BCUT2D eigenvalue weighted by Crippen LogP contribution is -2.09. The number of pyridine rings is 1. The number of nitrogens with two attached hydrogens (primary N) is 1. The number of methoxy groups -OCH3 is 1. The van der Waals surface area contributed by atoms with Gasteiger partial charge in [-0.3, -0.25) is 4.98 Å². The number of nitrogens with one attached hydrogen (secondary N) is 1. The topological polar surface area (TPSA) is 86.0 Å². The van der Waals surface area contributed by atoms with Gasteiger partial charge in [0.1, 0.15) is 11.5 Å². The number of nitrogen functional groups attached to an aromatic ring is 1. The van der Waals surface area contributed by atoms with Crippen LogP contribution in [0, 0.1) is 0 Å². The van der Waals surface area contributed by atoms with E-state index in [1.807, 2.05) is 18.3 Å². The summed E-state index contributed by atoms with van der Waals surface area (Å²) in [5.41, 5.74) is 7.53. The zero-order valence-corrected chi connectivity index (χ0v) is 11.3. The Labute approximate surface area is 117 Å². The Morgan fingerprint density at radius 3 is 2.90 bits per heavy atom. The third-order valence-corrected chi connectivity index (χ3v) is 3.25. The quantitative estimate of drug-likeness (QED) is 0.864. The first-order valence-electron chi connectivity index (χ1n) is 6.62. The van der Waals surface area contributed by atoms with Crippen molar-refractivity contribution in [3.63, 3.8) is 0 Å². The molecule has 2 aromatic rings. The van der Waals surface area contributed by atoms with Gasteiger partial charge in [0.25, 0.3) is 0 Å². The van der Waals surface area contributed by atoms with Gasteiger partial charge in [-0.25, -0.2) is 4.98 Å². The van der Waals surface area contributed by atoms with Crippen molar-refractivity contribution in [2.75, 3.05) is 18.2 Å². The van der Waals surface area contributed by atoms with Gasteiger partial charge in [0.2, 0.25) is 5.88 Å². The summed E-state index contributed by atoms with van der Waals surface area (Å²) in [4.78, 5) is 12.9. The van der Waals surface area contributed by atoms with E-state index in [1.54, 1.807) is 13.3 Å². The Kier molecular flexibility index (Phi) is 3.37. The molecule has 6 nitrogen and oxygen atoms in total. The van der Waals surface area contributed by atoms with E-state index in [1.165, 1.54) is 0 Å². The number of anilines is 2. The van der Waals surface area contributed by atoms with Gasteiger partial charge >= 0.3 is 0 Å². The van der Waals surface area contributed by atoms with E-state index in [2.05, 4.69) is 20.3 Å². The third kappa shape index (κ3) is 2.64. The molecule has 0 saturated heterocycles. The normalized spacial score (nSPS) is 14.1. The van der Waals surface area contributed by atoms with E-state index in [0.29, 0.717) is 29.8 Å². The second-order valence-electron chi connectivity index (χ2n) is 4.84. The number of nitrogens with zero attached hydrogens (tertiary/aromatic N) is 3. The molecule has 104 valence electrons. The summed E-state index contributed by atoms with van der Waals surface area (Å²) >= 11 is 0. The SMILES string of the molecule is COc1nc(C2CC2)nc(NCc2cccnc2)c1N. The summed E-state index contributed by atoms with van der Waals surface area (Å²) in [6.07, 6.45) is 5.82. The summed E-state index contributed by atoms with van der Waals surface area (Å²) in [5, 5.41) is 3.23. The zero-order valence-electron chi connectivity index (χ0n) is 11.3. The highest BCUT2D eigenvalue weighted by atomic mass is 16.5. The first-order valence-corrected chi connectivity index (χ1v) is 6.62. The third-order valence-electron chi connectivity index (χ3n) is 3.25. The van der Waals surface area contributed by atoms with Gasteiger partial charge in [0.05, 0.1) is 7.11 Å². The Hall–Kier alpha value is -2.37. The van der Waals surface area contributed by atoms with Crippen molar-refractivity contribution in [1.29, 1.82) is 0 Å². The van der Waals surface area contributed by atoms with E-state index in [4.69, 9.17) is 10.5 Å². The smallest absolute Gasteiger partial charge is 0.242 e. The lowest BCUT2D eigenvalue weighted by molar-refractivity contribution is 0.397. The fraction of sp³-hybridized carbons (Fsp3) is 0.357. The highest BCUT2D eigenvalue weighted by Gasteiger charge is 2.28. The van der Waals surface area contributed by atoms with Crippen LogP contribution in [-0.2, 0) is 6.54 Å². The molecule has 20 heavy (non-hydrogen) atoms. The van der Waals surface area contributed by atoms with Crippen LogP contribution < -0.4 is 15.8 Å². The minimum atomic E-state index is 0.440. The molecule has 3 rings (SSSR count). The number of hydrogen-bond donors (Lipinski definition) is 2. The van der Waals surface area contributed by atoms with Crippen molar-refractivity contribution < 1.29 is 4.74 Å². The summed E-state index contributed by atoms with van der Waals surface area (Å²) in [5.74, 6) is 2.33. The maximum atomic E-state index is 6.02. The van der Waals surface area contributed by atoms with Crippen LogP contribution in [0.1, 0.15) is 30.1 Å². The second-order valence-corrected chi connectivity index (χ2v) is 4.84. The Morgan fingerprint density at radius 1 is 1.40 bits per heavy atom. The van der Waals surface area contributed by atoms with Gasteiger partial charge in [-0.2, -0.15) is 4.98 Å². The molecule has 1 aliphatic rings. The Bertz CT molecular complexity index is 598. The van der Waals surface area contributed by atoms with Crippen LogP contribution in [0.2, 0.25) is 0 Å². The van der Waals surface area contributed by atoms with Crippen LogP contribution in [0.5, 0.6) is 5.88 Å². The maximum Gasteiger partial charge on any atom is 0.242 e. The minimum Gasteiger partial charge on any atom is -0.479 e. The summed E-state index contributed by atoms with van der Waals surface area (Å²) in [6.45, 7) is 0.613. The van der Waals surface area contributed by atoms with Crippen LogP contribution in [-0.4, -0.2) is 22.1 Å². The predicted octanol–water partition coefficient (Wildman–Crippen LogP) is 1.95. The fourth-order valence-corrected chi connectivity index (χ4v) is 1.97. The second kappa shape index (κ2) is 5.32.